The van der Waals surface area contributed by atoms with Crippen molar-refractivity contribution in [1.29, 1.82) is 0 Å². The maximum absolute atomic E-state index is 5.98. The minimum absolute atomic E-state index is 0.689. The number of furan rings is 1. The lowest BCUT2D eigenvalue weighted by molar-refractivity contribution is 0.132. The van der Waals surface area contributed by atoms with Crippen molar-refractivity contribution in [2.75, 3.05) is 33.7 Å². The molecule has 1 aromatic heterocycles. The van der Waals surface area contributed by atoms with Gasteiger partial charge < -0.3 is 14.6 Å². The van der Waals surface area contributed by atoms with Gasteiger partial charge in [-0.25, -0.2) is 0 Å². The van der Waals surface area contributed by atoms with Gasteiger partial charge >= 0.3 is 0 Å². The van der Waals surface area contributed by atoms with Crippen LogP contribution in [0.25, 0.3) is 0 Å². The number of hydrogen-bond acceptors (Lipinski definition) is 4. The third kappa shape index (κ3) is 4.08. The van der Waals surface area contributed by atoms with E-state index in [9.17, 15) is 0 Å². The number of likely N-dealkylation sites (tertiary alicyclic amines) is 1. The minimum atomic E-state index is 0.689. The van der Waals surface area contributed by atoms with Gasteiger partial charge in [0.25, 0.3) is 0 Å². The summed E-state index contributed by atoms with van der Waals surface area (Å²) in [5.74, 6) is 2.18. The van der Waals surface area contributed by atoms with Gasteiger partial charge in [0, 0.05) is 6.04 Å². The first kappa shape index (κ1) is 15.5. The van der Waals surface area contributed by atoms with E-state index in [1.807, 2.05) is 0 Å². The molecule has 0 aliphatic carbocycles. The molecule has 1 aromatic rings. The molecule has 1 aliphatic rings. The van der Waals surface area contributed by atoms with Crippen molar-refractivity contribution >= 4 is 0 Å². The van der Waals surface area contributed by atoms with Crippen molar-refractivity contribution in [3.8, 4) is 0 Å². The molecule has 0 spiro atoms. The normalized spacial score (nSPS) is 18.1. The summed E-state index contributed by atoms with van der Waals surface area (Å²) in [6.07, 6.45) is 2.52. The fourth-order valence-electron chi connectivity index (χ4n) is 2.89. The molecule has 1 saturated heterocycles. The second-order valence-electron chi connectivity index (χ2n) is 6.05. The van der Waals surface area contributed by atoms with Crippen molar-refractivity contribution in [2.24, 2.45) is 0 Å². The van der Waals surface area contributed by atoms with Gasteiger partial charge in [-0.15, -0.1) is 0 Å². The van der Waals surface area contributed by atoms with Crippen molar-refractivity contribution < 1.29 is 4.42 Å². The van der Waals surface area contributed by atoms with Crippen LogP contribution in [0.5, 0.6) is 0 Å². The van der Waals surface area contributed by atoms with Crippen LogP contribution >= 0.6 is 0 Å². The largest absolute Gasteiger partial charge is 0.463 e. The highest BCUT2D eigenvalue weighted by molar-refractivity contribution is 5.20. The molecule has 0 amide bonds. The van der Waals surface area contributed by atoms with Crippen LogP contribution in [0.2, 0.25) is 0 Å². The zero-order chi connectivity index (χ0) is 14.5. The molecule has 4 nitrogen and oxygen atoms in total. The molecular weight excluding hydrogens is 250 g/mol. The summed E-state index contributed by atoms with van der Waals surface area (Å²) < 4.78 is 5.98. The molecule has 0 atom stereocenters. The van der Waals surface area contributed by atoms with E-state index in [0.29, 0.717) is 6.04 Å². The van der Waals surface area contributed by atoms with Gasteiger partial charge in [-0.1, -0.05) is 6.92 Å². The summed E-state index contributed by atoms with van der Waals surface area (Å²) in [4.78, 5) is 4.86. The maximum Gasteiger partial charge on any atom is 0.120 e. The van der Waals surface area contributed by atoms with Crippen molar-refractivity contribution in [3.63, 3.8) is 0 Å². The lowest BCUT2D eigenvalue weighted by Gasteiger charge is -2.34. The molecule has 4 heteroatoms. The summed E-state index contributed by atoms with van der Waals surface area (Å²) in [5.41, 5.74) is 1.26. The van der Waals surface area contributed by atoms with E-state index in [4.69, 9.17) is 4.42 Å². The molecule has 20 heavy (non-hydrogen) atoms. The first-order valence-electron chi connectivity index (χ1n) is 7.77. The lowest BCUT2D eigenvalue weighted by Crippen LogP contribution is -2.41. The van der Waals surface area contributed by atoms with E-state index in [1.54, 1.807) is 0 Å². The average molecular weight is 279 g/mol. The van der Waals surface area contributed by atoms with Crippen LogP contribution in [0.15, 0.2) is 10.5 Å². The maximum atomic E-state index is 5.98. The average Bonchev–Trinajstić information content (AvgIpc) is 2.77. The number of rotatable bonds is 6. The Morgan fingerprint density at radius 2 is 2.10 bits per heavy atom. The van der Waals surface area contributed by atoms with Gasteiger partial charge in [0.1, 0.15) is 11.5 Å². The molecule has 0 aromatic carbocycles. The molecule has 2 rings (SSSR count). The van der Waals surface area contributed by atoms with E-state index in [1.165, 1.54) is 31.5 Å². The van der Waals surface area contributed by atoms with Crippen molar-refractivity contribution in [1.82, 2.24) is 15.1 Å². The van der Waals surface area contributed by atoms with E-state index < -0.39 is 0 Å². The summed E-state index contributed by atoms with van der Waals surface area (Å²) in [7, 11) is 4.43. The molecule has 0 radical (unpaired) electrons. The highest BCUT2D eigenvalue weighted by Crippen LogP contribution is 2.20. The van der Waals surface area contributed by atoms with Crippen molar-refractivity contribution in [3.05, 3.63) is 23.2 Å². The summed E-state index contributed by atoms with van der Waals surface area (Å²) >= 11 is 0. The zero-order valence-electron chi connectivity index (χ0n) is 13.4. The smallest absolute Gasteiger partial charge is 0.120 e. The highest BCUT2D eigenvalue weighted by Gasteiger charge is 2.21. The second-order valence-corrected chi connectivity index (χ2v) is 6.05. The van der Waals surface area contributed by atoms with Gasteiger partial charge in [0.15, 0.2) is 0 Å². The number of piperidine rings is 1. The van der Waals surface area contributed by atoms with E-state index >= 15 is 0 Å². The van der Waals surface area contributed by atoms with Crippen LogP contribution in [-0.4, -0.2) is 49.6 Å². The Bertz CT molecular complexity index is 408. The molecular formula is C16H29N3O. The van der Waals surface area contributed by atoms with Gasteiger partial charge in [0.05, 0.1) is 13.1 Å². The Morgan fingerprint density at radius 3 is 2.75 bits per heavy atom. The number of nitrogens with zero attached hydrogens (tertiary/aromatic N) is 2. The summed E-state index contributed by atoms with van der Waals surface area (Å²) in [5, 5.41) is 3.33. The molecule has 1 N–H and O–H groups in total. The molecule has 1 fully saturated rings. The Labute approximate surface area is 123 Å². The van der Waals surface area contributed by atoms with E-state index in [2.05, 4.69) is 49.1 Å². The van der Waals surface area contributed by atoms with Gasteiger partial charge in [0.2, 0.25) is 0 Å². The number of aryl methyl sites for hydroxylation is 1. The Hall–Kier alpha value is -0.840. The first-order valence-corrected chi connectivity index (χ1v) is 7.77. The predicted molar refractivity (Wildman–Crippen MR) is 82.8 cm³/mol. The molecule has 0 unspecified atom stereocenters. The van der Waals surface area contributed by atoms with Gasteiger partial charge in [-0.3, -0.25) is 4.90 Å². The molecule has 114 valence electrons. The molecule has 0 saturated carbocycles. The third-order valence-electron chi connectivity index (χ3n) is 4.32. The van der Waals surface area contributed by atoms with Crippen molar-refractivity contribution in [2.45, 2.75) is 45.8 Å². The van der Waals surface area contributed by atoms with E-state index in [-0.39, 0.29) is 0 Å². The third-order valence-corrected chi connectivity index (χ3v) is 4.32. The fourth-order valence-corrected chi connectivity index (χ4v) is 2.89. The SMILES string of the molecule is CCNCc1oc(CN(C)C2CCN(C)CC2)cc1C. The monoisotopic (exact) mass is 279 g/mol. The fraction of sp³-hybridized carbons (Fsp3) is 0.750. The number of nitrogens with one attached hydrogen (secondary N) is 1. The van der Waals surface area contributed by atoms with Gasteiger partial charge in [-0.2, -0.15) is 0 Å². The quantitative estimate of drug-likeness (QED) is 0.865. The lowest BCUT2D eigenvalue weighted by atomic mass is 10.0. The number of hydrogen-bond donors (Lipinski definition) is 1. The zero-order valence-corrected chi connectivity index (χ0v) is 13.4. The van der Waals surface area contributed by atoms with Gasteiger partial charge in [-0.05, 0) is 65.1 Å². The summed E-state index contributed by atoms with van der Waals surface area (Å²) in [6.45, 7) is 9.39. The predicted octanol–water partition coefficient (Wildman–Crippen LogP) is 2.22. The van der Waals surface area contributed by atoms with Crippen LogP contribution in [0.3, 0.4) is 0 Å². The highest BCUT2D eigenvalue weighted by atomic mass is 16.3. The Morgan fingerprint density at radius 1 is 1.40 bits per heavy atom. The topological polar surface area (TPSA) is 31.7 Å². The van der Waals surface area contributed by atoms with Crippen LogP contribution < -0.4 is 5.32 Å². The Balaban J connectivity index is 1.89. The first-order chi connectivity index (χ1) is 9.60. The summed E-state index contributed by atoms with van der Waals surface area (Å²) in [6, 6.07) is 2.88. The van der Waals surface area contributed by atoms with Crippen LogP contribution in [0.1, 0.15) is 36.8 Å². The van der Waals surface area contributed by atoms with Crippen LogP contribution in [0, 0.1) is 6.92 Å². The standard InChI is InChI=1S/C16H29N3O/c1-5-17-11-16-13(2)10-15(20-16)12-19(4)14-6-8-18(3)9-7-14/h10,14,17H,5-9,11-12H2,1-4H3. The van der Waals surface area contributed by atoms with E-state index in [0.717, 1.165) is 31.2 Å². The van der Waals surface area contributed by atoms with Crippen LogP contribution in [-0.2, 0) is 13.1 Å². The van der Waals surface area contributed by atoms with Crippen LogP contribution in [0.4, 0.5) is 0 Å². The Kier molecular flexibility index (Phi) is 5.64. The minimum Gasteiger partial charge on any atom is -0.463 e. The molecule has 0 bridgehead atoms. The molecule has 1 aliphatic heterocycles. The molecule has 2 heterocycles. The second kappa shape index (κ2) is 7.25.